The number of nitrogens with one attached hydrogen (secondary N) is 1. The summed E-state index contributed by atoms with van der Waals surface area (Å²) in [6.45, 7) is 10.4. The third-order valence-corrected chi connectivity index (χ3v) is 4.61. The van der Waals surface area contributed by atoms with Crippen LogP contribution in [0.4, 0.5) is 11.4 Å². The van der Waals surface area contributed by atoms with Crippen LogP contribution in [0.3, 0.4) is 0 Å². The van der Waals surface area contributed by atoms with Gasteiger partial charge < -0.3 is 10.2 Å². The number of nitrogens with zero attached hydrogens (tertiary/aromatic N) is 1. The van der Waals surface area contributed by atoms with Crippen molar-refractivity contribution in [1.29, 1.82) is 0 Å². The second-order valence-electron chi connectivity index (χ2n) is 7.43. The zero-order chi connectivity index (χ0) is 20.0. The molecule has 2 aromatic carbocycles. The van der Waals surface area contributed by atoms with Gasteiger partial charge in [-0.15, -0.1) is 0 Å². The van der Waals surface area contributed by atoms with E-state index < -0.39 is 0 Å². The van der Waals surface area contributed by atoms with E-state index in [1.165, 1.54) is 0 Å². The summed E-state index contributed by atoms with van der Waals surface area (Å²) in [6, 6.07) is 15.6. The Labute approximate surface area is 162 Å². The monoisotopic (exact) mass is 366 g/mol. The van der Waals surface area contributed by atoms with Crippen LogP contribution >= 0.6 is 0 Å². The highest BCUT2D eigenvalue weighted by molar-refractivity contribution is 5.96. The Bertz CT molecular complexity index is 756. The van der Waals surface area contributed by atoms with E-state index in [0.717, 1.165) is 22.5 Å². The van der Waals surface area contributed by atoms with Crippen LogP contribution in [0.15, 0.2) is 48.5 Å². The van der Waals surface area contributed by atoms with Gasteiger partial charge in [0.05, 0.1) is 5.69 Å². The summed E-state index contributed by atoms with van der Waals surface area (Å²) in [6.07, 6.45) is 0.248. The Hall–Kier alpha value is -2.62. The Morgan fingerprint density at radius 3 is 1.93 bits per heavy atom. The lowest BCUT2D eigenvalue weighted by molar-refractivity contribution is -0.117. The maximum Gasteiger partial charge on any atom is 0.226 e. The van der Waals surface area contributed by atoms with Crippen molar-refractivity contribution < 1.29 is 9.59 Å². The molecule has 0 fully saturated rings. The van der Waals surface area contributed by atoms with Crippen LogP contribution in [0.1, 0.15) is 64.0 Å². The van der Waals surface area contributed by atoms with Crippen LogP contribution in [-0.2, 0) is 9.59 Å². The smallest absolute Gasteiger partial charge is 0.226 e. The highest BCUT2D eigenvalue weighted by atomic mass is 16.2. The Morgan fingerprint density at radius 1 is 0.889 bits per heavy atom. The van der Waals surface area contributed by atoms with Gasteiger partial charge >= 0.3 is 0 Å². The predicted molar refractivity (Wildman–Crippen MR) is 112 cm³/mol. The fourth-order valence-corrected chi connectivity index (χ4v) is 3.21. The van der Waals surface area contributed by atoms with Crippen molar-refractivity contribution in [2.75, 3.05) is 16.8 Å². The number of hydrogen-bond donors (Lipinski definition) is 1. The molecule has 0 aliphatic carbocycles. The molecular weight excluding hydrogens is 336 g/mol. The normalized spacial score (nSPS) is 10.9. The van der Waals surface area contributed by atoms with Gasteiger partial charge in [-0.2, -0.15) is 0 Å². The summed E-state index contributed by atoms with van der Waals surface area (Å²) in [5.41, 5.74) is 4.00. The van der Waals surface area contributed by atoms with Gasteiger partial charge in [0.25, 0.3) is 0 Å². The van der Waals surface area contributed by atoms with Crippen molar-refractivity contribution in [3.8, 4) is 0 Å². The summed E-state index contributed by atoms with van der Waals surface area (Å²) >= 11 is 0. The lowest BCUT2D eigenvalue weighted by Gasteiger charge is -2.29. The zero-order valence-corrected chi connectivity index (χ0v) is 17.0. The molecule has 4 heteroatoms. The van der Waals surface area contributed by atoms with Crippen molar-refractivity contribution in [3.05, 3.63) is 59.7 Å². The minimum Gasteiger partial charge on any atom is -0.326 e. The molecule has 0 heterocycles. The largest absolute Gasteiger partial charge is 0.326 e. The topological polar surface area (TPSA) is 49.4 Å². The quantitative estimate of drug-likeness (QED) is 0.721. The highest BCUT2D eigenvalue weighted by Gasteiger charge is 2.22. The third kappa shape index (κ3) is 5.43. The lowest BCUT2D eigenvalue weighted by atomic mass is 9.91. The fraction of sp³-hybridized carbons (Fsp3) is 0.391. The first kappa shape index (κ1) is 20.7. The Morgan fingerprint density at radius 2 is 1.44 bits per heavy atom. The summed E-state index contributed by atoms with van der Waals surface area (Å²) < 4.78 is 0. The van der Waals surface area contributed by atoms with Gasteiger partial charge in [-0.25, -0.2) is 0 Å². The molecule has 4 nitrogen and oxygen atoms in total. The number of hydrogen-bond acceptors (Lipinski definition) is 2. The van der Waals surface area contributed by atoms with Gasteiger partial charge in [0.2, 0.25) is 11.8 Å². The van der Waals surface area contributed by atoms with Crippen LogP contribution in [-0.4, -0.2) is 18.4 Å². The highest BCUT2D eigenvalue weighted by Crippen LogP contribution is 2.35. The first-order chi connectivity index (χ1) is 12.8. The lowest BCUT2D eigenvalue weighted by Crippen LogP contribution is -2.33. The zero-order valence-electron chi connectivity index (χ0n) is 17.0. The first-order valence-corrected chi connectivity index (χ1v) is 9.57. The molecule has 0 spiro atoms. The molecule has 0 aliphatic heterocycles. The molecule has 0 saturated heterocycles. The van der Waals surface area contributed by atoms with Crippen molar-refractivity contribution in [1.82, 2.24) is 0 Å². The number of benzene rings is 2. The molecule has 0 unspecified atom stereocenters. The van der Waals surface area contributed by atoms with Crippen LogP contribution < -0.4 is 10.2 Å². The number of anilines is 2. The molecule has 27 heavy (non-hydrogen) atoms. The first-order valence-electron chi connectivity index (χ1n) is 9.57. The molecule has 0 aliphatic rings. The van der Waals surface area contributed by atoms with Crippen LogP contribution in [0, 0.1) is 0 Å². The van der Waals surface area contributed by atoms with E-state index in [0.29, 0.717) is 18.4 Å². The van der Waals surface area contributed by atoms with E-state index in [2.05, 4.69) is 51.2 Å². The van der Waals surface area contributed by atoms with Crippen molar-refractivity contribution in [2.24, 2.45) is 0 Å². The SMILES string of the molecule is CC(=O)N(CCC(=O)Nc1ccccc1)c1c(C(C)C)cccc1C(C)C. The summed E-state index contributed by atoms with van der Waals surface area (Å²) in [5.74, 6) is 0.440. The number of para-hydroxylation sites is 2. The van der Waals surface area contributed by atoms with Crippen LogP contribution in [0.25, 0.3) is 0 Å². The second-order valence-corrected chi connectivity index (χ2v) is 7.43. The van der Waals surface area contributed by atoms with E-state index in [1.807, 2.05) is 30.3 Å². The van der Waals surface area contributed by atoms with Gasteiger partial charge in [-0.3, -0.25) is 9.59 Å². The van der Waals surface area contributed by atoms with Crippen molar-refractivity contribution in [2.45, 2.75) is 52.9 Å². The molecule has 2 amide bonds. The number of carbonyl (C=O) groups is 2. The molecule has 0 radical (unpaired) electrons. The van der Waals surface area contributed by atoms with E-state index in [4.69, 9.17) is 0 Å². The molecule has 0 bridgehead atoms. The second kappa shape index (κ2) is 9.36. The van der Waals surface area contributed by atoms with Crippen LogP contribution in [0.2, 0.25) is 0 Å². The van der Waals surface area contributed by atoms with Gasteiger partial charge in [0.1, 0.15) is 0 Å². The fourth-order valence-electron chi connectivity index (χ4n) is 3.21. The number of rotatable bonds is 7. The third-order valence-electron chi connectivity index (χ3n) is 4.61. The molecule has 1 N–H and O–H groups in total. The van der Waals surface area contributed by atoms with Gasteiger partial charge in [-0.1, -0.05) is 64.1 Å². The van der Waals surface area contributed by atoms with Gasteiger partial charge in [0.15, 0.2) is 0 Å². The van der Waals surface area contributed by atoms with E-state index in [1.54, 1.807) is 11.8 Å². The number of carbonyl (C=O) groups excluding carboxylic acids is 2. The minimum atomic E-state index is -0.0967. The van der Waals surface area contributed by atoms with Crippen LogP contribution in [0.5, 0.6) is 0 Å². The molecule has 0 saturated carbocycles. The average molecular weight is 367 g/mol. The van der Waals surface area contributed by atoms with E-state index in [-0.39, 0.29) is 18.2 Å². The summed E-state index contributed by atoms with van der Waals surface area (Å²) in [5, 5.41) is 2.89. The summed E-state index contributed by atoms with van der Waals surface area (Å²) in [4.78, 5) is 26.6. The predicted octanol–water partition coefficient (Wildman–Crippen LogP) is 5.32. The summed E-state index contributed by atoms with van der Waals surface area (Å²) in [7, 11) is 0. The molecule has 2 rings (SSSR count). The molecule has 144 valence electrons. The van der Waals surface area contributed by atoms with E-state index >= 15 is 0 Å². The van der Waals surface area contributed by atoms with Gasteiger partial charge in [0, 0.05) is 25.6 Å². The van der Waals surface area contributed by atoms with Crippen molar-refractivity contribution in [3.63, 3.8) is 0 Å². The molecule has 0 aromatic heterocycles. The van der Waals surface area contributed by atoms with E-state index in [9.17, 15) is 9.59 Å². The number of amides is 2. The average Bonchev–Trinajstić information content (AvgIpc) is 2.62. The Balaban J connectivity index is 2.25. The van der Waals surface area contributed by atoms with Gasteiger partial charge in [-0.05, 0) is 35.1 Å². The molecule has 0 atom stereocenters. The standard InChI is InChI=1S/C23H30N2O2/c1-16(2)20-12-9-13-21(17(3)4)23(20)25(18(5)26)15-14-22(27)24-19-10-7-6-8-11-19/h6-13,16-17H,14-15H2,1-5H3,(H,24,27). The maximum absolute atomic E-state index is 12.5. The van der Waals surface area contributed by atoms with Crippen molar-refractivity contribution >= 4 is 23.2 Å². The molecule has 2 aromatic rings. The Kier molecular flexibility index (Phi) is 7.17. The minimum absolute atomic E-state index is 0.0440. The molecular formula is C23H30N2O2. The maximum atomic E-state index is 12.5.